The van der Waals surface area contributed by atoms with Crippen LogP contribution in [0.3, 0.4) is 0 Å². The monoisotopic (exact) mass is 487 g/mol. The summed E-state index contributed by atoms with van der Waals surface area (Å²) in [6.45, 7) is 4.60. The Balaban J connectivity index is 1.35. The van der Waals surface area contributed by atoms with Crippen molar-refractivity contribution in [3.63, 3.8) is 0 Å². The fraction of sp³-hybridized carbons (Fsp3) is 0.536. The summed E-state index contributed by atoms with van der Waals surface area (Å²) in [6.07, 6.45) is 0.720. The molecule has 4 nitrogen and oxygen atoms in total. The molecule has 188 valence electrons. The number of hydrogen-bond donors (Lipinski definition) is 1. The van der Waals surface area contributed by atoms with Gasteiger partial charge in [-0.3, -0.25) is 4.79 Å². The molecule has 0 bridgehead atoms. The van der Waals surface area contributed by atoms with Crippen LogP contribution in [0.25, 0.3) is 0 Å². The number of halogens is 3. The third kappa shape index (κ3) is 4.74. The van der Waals surface area contributed by atoms with E-state index in [1.54, 1.807) is 13.0 Å². The number of alkyl halides is 3. The highest BCUT2D eigenvalue weighted by atomic mass is 19.4. The van der Waals surface area contributed by atoms with Crippen molar-refractivity contribution in [2.75, 3.05) is 18.0 Å². The maximum atomic E-state index is 13.6. The first-order valence-electron chi connectivity index (χ1n) is 12.5. The molecule has 0 unspecified atom stereocenters. The first-order chi connectivity index (χ1) is 16.6. The van der Waals surface area contributed by atoms with Crippen LogP contribution in [-0.4, -0.2) is 29.8 Å². The van der Waals surface area contributed by atoms with Gasteiger partial charge < -0.3 is 14.7 Å². The van der Waals surface area contributed by atoms with Gasteiger partial charge in [0.1, 0.15) is 11.4 Å². The summed E-state index contributed by atoms with van der Waals surface area (Å²) in [5.41, 5.74) is 2.22. The minimum absolute atomic E-state index is 0.0248. The summed E-state index contributed by atoms with van der Waals surface area (Å²) in [6, 6.07) is 10.5. The van der Waals surface area contributed by atoms with Crippen LogP contribution in [0.2, 0.25) is 0 Å². The third-order valence-electron chi connectivity index (χ3n) is 8.18. The quantitative estimate of drug-likeness (QED) is 0.517. The summed E-state index contributed by atoms with van der Waals surface area (Å²) in [4.78, 5) is 13.6. The standard InChI is InChI=1S/C28H32F3NO3/c1-17-3-8-22(28(29,30)31)23(15-17)32-13-11-27(12-14-32)10-9-19-4-7-21(16-24(19)35-27)25(20-5-6-20)18(2)26(33)34/h3-4,7-8,15-16,18,20,25H,5-6,9-14H2,1-2H3,(H,33,34)/t18-,25-/m0/s1. The molecule has 2 atom stereocenters. The molecule has 1 saturated carbocycles. The van der Waals surface area contributed by atoms with Crippen molar-refractivity contribution in [2.45, 2.75) is 70.1 Å². The fourth-order valence-corrected chi connectivity index (χ4v) is 5.96. The van der Waals surface area contributed by atoms with Gasteiger partial charge in [-0.1, -0.05) is 25.1 Å². The second-order valence-corrected chi connectivity index (χ2v) is 10.6. The van der Waals surface area contributed by atoms with Crippen LogP contribution in [0.4, 0.5) is 18.9 Å². The van der Waals surface area contributed by atoms with Crippen molar-refractivity contribution in [1.82, 2.24) is 0 Å². The number of fused-ring (bicyclic) bond motifs is 1. The normalized spacial score (nSPS) is 21.2. The Kier molecular flexibility index (Phi) is 6.01. The van der Waals surface area contributed by atoms with Gasteiger partial charge in [0.05, 0.1) is 11.5 Å². The summed E-state index contributed by atoms with van der Waals surface area (Å²) in [5, 5.41) is 9.63. The van der Waals surface area contributed by atoms with Crippen molar-refractivity contribution in [2.24, 2.45) is 11.8 Å². The van der Waals surface area contributed by atoms with Gasteiger partial charge >= 0.3 is 12.1 Å². The molecular formula is C28H32F3NO3. The maximum absolute atomic E-state index is 13.6. The van der Waals surface area contributed by atoms with Crippen LogP contribution in [0, 0.1) is 18.8 Å². The number of benzene rings is 2. The molecule has 1 saturated heterocycles. The molecule has 1 aliphatic carbocycles. The number of carboxylic acid groups (broad SMARTS) is 1. The lowest BCUT2D eigenvalue weighted by Gasteiger charge is -2.45. The number of hydrogen-bond acceptors (Lipinski definition) is 3. The van der Waals surface area contributed by atoms with E-state index >= 15 is 0 Å². The molecule has 0 amide bonds. The summed E-state index contributed by atoms with van der Waals surface area (Å²) in [5.74, 6) is -0.0467. The molecule has 35 heavy (non-hydrogen) atoms. The number of piperidine rings is 1. The van der Waals surface area contributed by atoms with Crippen LogP contribution in [0.15, 0.2) is 36.4 Å². The van der Waals surface area contributed by atoms with E-state index in [1.165, 1.54) is 12.1 Å². The van der Waals surface area contributed by atoms with Crippen molar-refractivity contribution in [3.05, 3.63) is 58.7 Å². The molecule has 2 fully saturated rings. The zero-order chi connectivity index (χ0) is 25.0. The van der Waals surface area contributed by atoms with Gasteiger partial charge in [0.15, 0.2) is 0 Å². The van der Waals surface area contributed by atoms with Gasteiger partial charge in [-0.2, -0.15) is 13.2 Å². The first kappa shape index (κ1) is 24.0. The molecule has 3 aliphatic rings. The second kappa shape index (κ2) is 8.75. The Bertz CT molecular complexity index is 1120. The molecule has 2 aliphatic heterocycles. The minimum Gasteiger partial charge on any atom is -0.487 e. The average molecular weight is 488 g/mol. The largest absolute Gasteiger partial charge is 0.487 e. The number of aryl methyl sites for hydroxylation is 2. The lowest BCUT2D eigenvalue weighted by molar-refractivity contribution is -0.142. The van der Waals surface area contributed by atoms with Crippen LogP contribution in [0.5, 0.6) is 5.75 Å². The SMILES string of the molecule is Cc1ccc(C(F)(F)F)c(N2CCC3(CCc4ccc([C@H](C5CC5)[C@H](C)C(=O)O)cc4O3)CC2)c1. The highest BCUT2D eigenvalue weighted by Gasteiger charge is 2.43. The molecule has 5 rings (SSSR count). The van der Waals surface area contributed by atoms with Crippen LogP contribution in [-0.2, 0) is 17.4 Å². The van der Waals surface area contributed by atoms with Crippen molar-refractivity contribution < 1.29 is 27.8 Å². The van der Waals surface area contributed by atoms with E-state index in [9.17, 15) is 23.1 Å². The topological polar surface area (TPSA) is 49.8 Å². The molecule has 1 N–H and O–H groups in total. The first-order valence-corrected chi connectivity index (χ1v) is 12.5. The van der Waals surface area contributed by atoms with E-state index in [1.807, 2.05) is 17.9 Å². The number of carbonyl (C=O) groups is 1. The van der Waals surface area contributed by atoms with Crippen LogP contribution < -0.4 is 9.64 Å². The van der Waals surface area contributed by atoms with E-state index in [4.69, 9.17) is 4.74 Å². The van der Waals surface area contributed by atoms with Gasteiger partial charge in [0, 0.05) is 31.6 Å². The number of anilines is 1. The number of carboxylic acids is 1. The van der Waals surface area contributed by atoms with E-state index in [-0.39, 0.29) is 11.6 Å². The number of ether oxygens (including phenoxy) is 1. The number of nitrogens with zero attached hydrogens (tertiary/aromatic N) is 1. The predicted molar refractivity (Wildman–Crippen MR) is 128 cm³/mol. The van der Waals surface area contributed by atoms with Gasteiger partial charge in [-0.05, 0) is 79.3 Å². The van der Waals surface area contributed by atoms with Crippen molar-refractivity contribution in [1.29, 1.82) is 0 Å². The van der Waals surface area contributed by atoms with Crippen molar-refractivity contribution in [3.8, 4) is 5.75 Å². The molecule has 7 heteroatoms. The Labute approximate surface area is 204 Å². The lowest BCUT2D eigenvalue weighted by atomic mass is 9.80. The summed E-state index contributed by atoms with van der Waals surface area (Å²) >= 11 is 0. The minimum atomic E-state index is -4.39. The Morgan fingerprint density at radius 2 is 1.83 bits per heavy atom. The smallest absolute Gasteiger partial charge is 0.418 e. The van der Waals surface area contributed by atoms with Crippen LogP contribution >= 0.6 is 0 Å². The molecule has 2 aromatic carbocycles. The van der Waals surface area contributed by atoms with Gasteiger partial charge in [-0.25, -0.2) is 0 Å². The third-order valence-corrected chi connectivity index (χ3v) is 8.18. The van der Waals surface area contributed by atoms with Crippen LogP contribution in [0.1, 0.15) is 67.2 Å². The zero-order valence-corrected chi connectivity index (χ0v) is 20.2. The lowest BCUT2D eigenvalue weighted by Crippen LogP contribution is -2.50. The Morgan fingerprint density at radius 3 is 2.46 bits per heavy atom. The number of aliphatic carboxylic acids is 1. The van der Waals surface area contributed by atoms with E-state index in [2.05, 4.69) is 12.1 Å². The van der Waals surface area contributed by atoms with Gasteiger partial charge in [0.25, 0.3) is 0 Å². The average Bonchev–Trinajstić information content (AvgIpc) is 3.63. The summed E-state index contributed by atoms with van der Waals surface area (Å²) in [7, 11) is 0. The molecule has 0 aromatic heterocycles. The van der Waals surface area contributed by atoms with E-state index < -0.39 is 29.2 Å². The Hall–Kier alpha value is -2.70. The van der Waals surface area contributed by atoms with E-state index in [0.29, 0.717) is 31.8 Å². The fourth-order valence-electron chi connectivity index (χ4n) is 5.96. The molecule has 2 heterocycles. The predicted octanol–water partition coefficient (Wildman–Crippen LogP) is 6.59. The highest BCUT2D eigenvalue weighted by molar-refractivity contribution is 5.71. The maximum Gasteiger partial charge on any atom is 0.418 e. The molecule has 2 aromatic rings. The summed E-state index contributed by atoms with van der Waals surface area (Å²) < 4.78 is 47.5. The number of rotatable bonds is 5. The molecular weight excluding hydrogens is 455 g/mol. The van der Waals surface area contributed by atoms with E-state index in [0.717, 1.165) is 48.1 Å². The van der Waals surface area contributed by atoms with Gasteiger partial charge in [0.2, 0.25) is 0 Å². The highest BCUT2D eigenvalue weighted by Crippen LogP contribution is 2.49. The zero-order valence-electron chi connectivity index (χ0n) is 20.2. The Morgan fingerprint density at radius 1 is 1.11 bits per heavy atom. The molecule has 0 radical (unpaired) electrons. The molecule has 1 spiro atoms. The second-order valence-electron chi connectivity index (χ2n) is 10.6. The van der Waals surface area contributed by atoms with Crippen molar-refractivity contribution >= 4 is 11.7 Å². The van der Waals surface area contributed by atoms with Gasteiger partial charge in [-0.15, -0.1) is 0 Å².